The van der Waals surface area contributed by atoms with Gasteiger partial charge in [0.1, 0.15) is 0 Å². The van der Waals surface area contributed by atoms with Crippen LogP contribution in [0, 0.1) is 6.92 Å². The molecule has 0 aromatic heterocycles. The summed E-state index contributed by atoms with van der Waals surface area (Å²) < 4.78 is 0. The van der Waals surface area contributed by atoms with E-state index in [1.807, 2.05) is 31.2 Å². The Morgan fingerprint density at radius 3 is 2.68 bits per heavy atom. The molecule has 98 valence electrons. The van der Waals surface area contributed by atoms with Gasteiger partial charge in [0.15, 0.2) is 0 Å². The zero-order chi connectivity index (χ0) is 13.8. The zero-order valence-electron chi connectivity index (χ0n) is 10.6. The summed E-state index contributed by atoms with van der Waals surface area (Å²) in [6, 6.07) is 12.9. The monoisotopic (exact) mass is 274 g/mol. The van der Waals surface area contributed by atoms with Crippen LogP contribution in [0.4, 0.5) is 11.4 Å². The number of benzene rings is 2. The number of hydrogen-bond donors (Lipinski definition) is 2. The normalized spacial score (nSPS) is 10.2. The Bertz CT molecular complexity index is 611. The van der Waals surface area contributed by atoms with E-state index in [1.165, 1.54) is 0 Å². The Hall–Kier alpha value is -2.00. The van der Waals surface area contributed by atoms with Gasteiger partial charge in [-0.15, -0.1) is 0 Å². The van der Waals surface area contributed by atoms with Crippen molar-refractivity contribution >= 4 is 28.9 Å². The molecule has 0 saturated heterocycles. The molecule has 0 fully saturated rings. The molecule has 0 aliphatic carbocycles. The van der Waals surface area contributed by atoms with Crippen molar-refractivity contribution in [3.63, 3.8) is 0 Å². The average molecular weight is 275 g/mol. The standard InChI is InChI=1S/C15H15ClN2O/c1-10-4-2-3-5-11(10)8-15(19)18-12-6-7-14(17)13(16)9-12/h2-7,9H,8,17H2,1H3,(H,18,19). The number of hydrogen-bond acceptors (Lipinski definition) is 2. The van der Waals surface area contributed by atoms with Crippen molar-refractivity contribution in [1.29, 1.82) is 0 Å². The number of halogens is 1. The Morgan fingerprint density at radius 1 is 1.26 bits per heavy atom. The second-order valence-electron chi connectivity index (χ2n) is 4.39. The van der Waals surface area contributed by atoms with Gasteiger partial charge in [-0.05, 0) is 36.2 Å². The fourth-order valence-corrected chi connectivity index (χ4v) is 1.97. The van der Waals surface area contributed by atoms with Crippen molar-refractivity contribution in [2.45, 2.75) is 13.3 Å². The van der Waals surface area contributed by atoms with E-state index < -0.39 is 0 Å². The molecule has 0 saturated carbocycles. The van der Waals surface area contributed by atoms with Crippen molar-refractivity contribution in [1.82, 2.24) is 0 Å². The summed E-state index contributed by atoms with van der Waals surface area (Å²) in [5.41, 5.74) is 8.89. The molecule has 0 aliphatic rings. The first-order valence-corrected chi connectivity index (χ1v) is 6.33. The van der Waals surface area contributed by atoms with Gasteiger partial charge >= 0.3 is 0 Å². The number of anilines is 2. The first kappa shape index (κ1) is 13.4. The number of nitrogens with two attached hydrogens (primary N) is 1. The van der Waals surface area contributed by atoms with E-state index in [1.54, 1.807) is 18.2 Å². The molecule has 3 nitrogen and oxygen atoms in total. The fraction of sp³-hybridized carbons (Fsp3) is 0.133. The van der Waals surface area contributed by atoms with Gasteiger partial charge in [0.25, 0.3) is 0 Å². The van der Waals surface area contributed by atoms with Gasteiger partial charge < -0.3 is 11.1 Å². The summed E-state index contributed by atoms with van der Waals surface area (Å²) in [6.45, 7) is 1.99. The first-order valence-electron chi connectivity index (χ1n) is 5.95. The maximum absolute atomic E-state index is 11.9. The van der Waals surface area contributed by atoms with E-state index >= 15 is 0 Å². The molecule has 4 heteroatoms. The predicted molar refractivity (Wildman–Crippen MR) is 79.4 cm³/mol. The van der Waals surface area contributed by atoms with Crippen molar-refractivity contribution in [3.8, 4) is 0 Å². The number of rotatable bonds is 3. The molecule has 2 aromatic carbocycles. The Balaban J connectivity index is 2.05. The number of carbonyl (C=O) groups is 1. The lowest BCUT2D eigenvalue weighted by Gasteiger charge is -2.08. The minimum absolute atomic E-state index is 0.0739. The molecular formula is C15H15ClN2O. The molecule has 3 N–H and O–H groups in total. The van der Waals surface area contributed by atoms with Crippen LogP contribution in [-0.2, 0) is 11.2 Å². The average Bonchev–Trinajstić information content (AvgIpc) is 2.37. The molecule has 0 heterocycles. The van der Waals surface area contributed by atoms with Crippen LogP contribution in [-0.4, -0.2) is 5.91 Å². The lowest BCUT2D eigenvalue weighted by molar-refractivity contribution is -0.115. The minimum atomic E-state index is -0.0739. The summed E-state index contributed by atoms with van der Waals surface area (Å²) in [5.74, 6) is -0.0739. The summed E-state index contributed by atoms with van der Waals surface area (Å²) in [6.07, 6.45) is 0.342. The first-order chi connectivity index (χ1) is 9.06. The van der Waals surface area contributed by atoms with E-state index in [-0.39, 0.29) is 5.91 Å². The lowest BCUT2D eigenvalue weighted by Crippen LogP contribution is -2.15. The SMILES string of the molecule is Cc1ccccc1CC(=O)Nc1ccc(N)c(Cl)c1. The van der Waals surface area contributed by atoms with Crippen molar-refractivity contribution in [3.05, 3.63) is 58.6 Å². The summed E-state index contributed by atoms with van der Waals surface area (Å²) in [5, 5.41) is 3.25. The number of amides is 1. The van der Waals surface area contributed by atoms with Gasteiger partial charge in [-0.1, -0.05) is 35.9 Å². The third-order valence-corrected chi connectivity index (χ3v) is 3.22. The van der Waals surface area contributed by atoms with E-state index in [4.69, 9.17) is 17.3 Å². The summed E-state index contributed by atoms with van der Waals surface area (Å²) in [7, 11) is 0. The molecule has 2 aromatic rings. The number of nitrogen functional groups attached to an aromatic ring is 1. The predicted octanol–water partition coefficient (Wildman–Crippen LogP) is 3.41. The molecule has 0 aliphatic heterocycles. The van der Waals surface area contributed by atoms with E-state index in [0.29, 0.717) is 22.8 Å². The smallest absolute Gasteiger partial charge is 0.228 e. The number of aryl methyl sites for hydroxylation is 1. The fourth-order valence-electron chi connectivity index (χ4n) is 1.79. The largest absolute Gasteiger partial charge is 0.398 e. The Morgan fingerprint density at radius 2 is 2.00 bits per heavy atom. The lowest BCUT2D eigenvalue weighted by atomic mass is 10.1. The highest BCUT2D eigenvalue weighted by Crippen LogP contribution is 2.22. The molecule has 0 spiro atoms. The third-order valence-electron chi connectivity index (χ3n) is 2.90. The molecule has 0 unspecified atom stereocenters. The second kappa shape index (κ2) is 5.76. The highest BCUT2D eigenvalue weighted by molar-refractivity contribution is 6.33. The third kappa shape index (κ3) is 3.48. The molecule has 0 radical (unpaired) electrons. The van der Waals surface area contributed by atoms with Gasteiger partial charge in [0.05, 0.1) is 17.1 Å². The van der Waals surface area contributed by atoms with E-state index in [0.717, 1.165) is 11.1 Å². The molecule has 2 rings (SSSR count). The summed E-state index contributed by atoms with van der Waals surface area (Å²) in [4.78, 5) is 11.9. The van der Waals surface area contributed by atoms with Crippen LogP contribution >= 0.6 is 11.6 Å². The van der Waals surface area contributed by atoms with Crippen molar-refractivity contribution in [2.75, 3.05) is 11.1 Å². The van der Waals surface area contributed by atoms with Gasteiger partial charge in [-0.3, -0.25) is 4.79 Å². The van der Waals surface area contributed by atoms with Crippen molar-refractivity contribution < 1.29 is 4.79 Å². The number of nitrogens with one attached hydrogen (secondary N) is 1. The van der Waals surface area contributed by atoms with Crippen LogP contribution < -0.4 is 11.1 Å². The van der Waals surface area contributed by atoms with Gasteiger partial charge in [0.2, 0.25) is 5.91 Å². The molecule has 1 amide bonds. The van der Waals surface area contributed by atoms with Gasteiger partial charge in [0, 0.05) is 5.69 Å². The molecule has 0 atom stereocenters. The maximum Gasteiger partial charge on any atom is 0.228 e. The van der Waals surface area contributed by atoms with E-state index in [2.05, 4.69) is 5.32 Å². The highest BCUT2D eigenvalue weighted by atomic mass is 35.5. The van der Waals surface area contributed by atoms with Crippen LogP contribution in [0.2, 0.25) is 5.02 Å². The van der Waals surface area contributed by atoms with Gasteiger partial charge in [-0.25, -0.2) is 0 Å². The molecular weight excluding hydrogens is 260 g/mol. The maximum atomic E-state index is 11.9. The number of carbonyl (C=O) groups excluding carboxylic acids is 1. The Labute approximate surface area is 117 Å². The minimum Gasteiger partial charge on any atom is -0.398 e. The van der Waals surface area contributed by atoms with Crippen molar-refractivity contribution in [2.24, 2.45) is 0 Å². The van der Waals surface area contributed by atoms with Crippen LogP contribution in [0.5, 0.6) is 0 Å². The Kier molecular flexibility index (Phi) is 4.07. The topological polar surface area (TPSA) is 55.1 Å². The quantitative estimate of drug-likeness (QED) is 0.843. The second-order valence-corrected chi connectivity index (χ2v) is 4.79. The zero-order valence-corrected chi connectivity index (χ0v) is 11.4. The van der Waals surface area contributed by atoms with Crippen LogP contribution in [0.3, 0.4) is 0 Å². The van der Waals surface area contributed by atoms with Crippen LogP contribution in [0.25, 0.3) is 0 Å². The summed E-state index contributed by atoms with van der Waals surface area (Å²) >= 11 is 5.91. The van der Waals surface area contributed by atoms with Crippen LogP contribution in [0.1, 0.15) is 11.1 Å². The molecule has 19 heavy (non-hydrogen) atoms. The molecule has 0 bridgehead atoms. The highest BCUT2D eigenvalue weighted by Gasteiger charge is 2.07. The van der Waals surface area contributed by atoms with Gasteiger partial charge in [-0.2, -0.15) is 0 Å². The van der Waals surface area contributed by atoms with E-state index in [9.17, 15) is 4.79 Å². The van der Waals surface area contributed by atoms with Crippen LogP contribution in [0.15, 0.2) is 42.5 Å².